The van der Waals surface area contributed by atoms with E-state index >= 15 is 0 Å². The van der Waals surface area contributed by atoms with Gasteiger partial charge in [0.25, 0.3) is 0 Å². The third-order valence-corrected chi connectivity index (χ3v) is 11.6. The van der Waals surface area contributed by atoms with Crippen LogP contribution >= 0.6 is 11.6 Å². The number of anilines is 1. The van der Waals surface area contributed by atoms with Gasteiger partial charge in [0.15, 0.2) is 5.60 Å². The van der Waals surface area contributed by atoms with Crippen LogP contribution in [0.4, 0.5) is 5.69 Å². The van der Waals surface area contributed by atoms with Crippen LogP contribution in [-0.2, 0) is 27.0 Å². The summed E-state index contributed by atoms with van der Waals surface area (Å²) in [6, 6.07) is 11.2. The van der Waals surface area contributed by atoms with Gasteiger partial charge in [0, 0.05) is 37.1 Å². The lowest BCUT2D eigenvalue weighted by Crippen LogP contribution is -2.69. The molecule has 4 bridgehead atoms. The molecule has 2 aromatic carbocycles. The van der Waals surface area contributed by atoms with Crippen LogP contribution in [-0.4, -0.2) is 71.5 Å². The van der Waals surface area contributed by atoms with Crippen molar-refractivity contribution in [3.63, 3.8) is 0 Å². The number of carbonyl (C=O) groups excluding carboxylic acids is 1. The molecule has 2 aromatic rings. The lowest BCUT2D eigenvalue weighted by molar-refractivity contribution is -0.216. The van der Waals surface area contributed by atoms with Crippen LogP contribution in [0.1, 0.15) is 61.6 Å². The van der Waals surface area contributed by atoms with Crippen LogP contribution in [0.15, 0.2) is 48.6 Å². The molecule has 234 valence electrons. The van der Waals surface area contributed by atoms with Gasteiger partial charge in [0.2, 0.25) is 5.91 Å². The topological polar surface area (TPSA) is 111 Å². The highest BCUT2D eigenvalue weighted by Crippen LogP contribution is 2.70. The van der Waals surface area contributed by atoms with Gasteiger partial charge in [-0.25, -0.2) is 4.79 Å². The van der Waals surface area contributed by atoms with Crippen molar-refractivity contribution in [2.75, 3.05) is 38.2 Å². The van der Waals surface area contributed by atoms with Gasteiger partial charge in [-0.1, -0.05) is 35.9 Å². The highest BCUT2D eigenvalue weighted by Gasteiger charge is 2.67. The minimum Gasteiger partial charge on any atom is -0.490 e. The number of aliphatic carboxylic acids is 1. The van der Waals surface area contributed by atoms with Crippen molar-refractivity contribution in [1.29, 1.82) is 0 Å². The van der Waals surface area contributed by atoms with Gasteiger partial charge in [0.1, 0.15) is 5.75 Å². The number of aliphatic hydroxyl groups excluding tert-OH is 1. The minimum absolute atomic E-state index is 0.0576. The number of allylic oxidation sites excluding steroid dienone is 1. The molecule has 9 heteroatoms. The first kappa shape index (κ1) is 29.6. The first-order valence-electron chi connectivity index (χ1n) is 15.9. The number of carboxylic acids is 1. The maximum absolute atomic E-state index is 13.2. The third-order valence-electron chi connectivity index (χ3n) is 11.3. The van der Waals surface area contributed by atoms with Crippen LogP contribution in [0.5, 0.6) is 5.75 Å². The van der Waals surface area contributed by atoms with Crippen molar-refractivity contribution in [3.05, 3.63) is 70.3 Å². The van der Waals surface area contributed by atoms with E-state index in [0.29, 0.717) is 50.8 Å². The number of rotatable bonds is 1. The standard InChI is InChI=1S/C35H41ClN2O6/c1-37-13-4-2-3-7-28(39)31-23-16-34(31,17-23)20-38-19-33(12-5-6-22-14-25(36)9-10-26(22)33)21-44-29-11-8-24(15-27(29)38)35(43,32(41)42)18-30(37)40/h3,7-11,14-15,23,28,31,39,43H,2,4-6,12-13,16-21H2,1H3,(H,41,42)/b7-3+/t23?,28-,31-,33-,34?,35-/m0/s1. The molecule has 3 fully saturated rings. The van der Waals surface area contributed by atoms with Crippen LogP contribution in [0.25, 0.3) is 0 Å². The molecule has 2 spiro atoms. The second kappa shape index (κ2) is 10.8. The molecule has 4 atom stereocenters. The second-order valence-electron chi connectivity index (χ2n) is 14.0. The lowest BCUT2D eigenvalue weighted by atomic mass is 9.36. The van der Waals surface area contributed by atoms with E-state index in [0.717, 1.165) is 42.8 Å². The van der Waals surface area contributed by atoms with E-state index < -0.39 is 30.0 Å². The molecule has 6 aliphatic rings. The summed E-state index contributed by atoms with van der Waals surface area (Å²) in [6.45, 7) is 2.22. The van der Waals surface area contributed by atoms with Gasteiger partial charge in [-0.2, -0.15) is 0 Å². The zero-order valence-corrected chi connectivity index (χ0v) is 25.9. The molecule has 0 unspecified atom stereocenters. The number of carboxylic acid groups (broad SMARTS) is 1. The molecular formula is C35H41ClN2O6. The Hall–Kier alpha value is -3.07. The number of carbonyl (C=O) groups is 2. The molecule has 3 saturated carbocycles. The molecule has 4 aliphatic carbocycles. The Balaban J connectivity index is 1.34. The van der Waals surface area contributed by atoms with E-state index in [1.165, 1.54) is 16.0 Å². The van der Waals surface area contributed by atoms with Gasteiger partial charge in [-0.3, -0.25) is 4.79 Å². The number of halogens is 1. The summed E-state index contributed by atoms with van der Waals surface area (Å²) >= 11 is 6.41. The molecule has 1 amide bonds. The molecule has 0 saturated heterocycles. The van der Waals surface area contributed by atoms with Crippen molar-refractivity contribution in [2.24, 2.45) is 17.3 Å². The summed E-state index contributed by atoms with van der Waals surface area (Å²) in [5.41, 5.74) is 0.582. The number of amides is 1. The Bertz CT molecular complexity index is 1520. The van der Waals surface area contributed by atoms with E-state index in [-0.39, 0.29) is 22.3 Å². The summed E-state index contributed by atoms with van der Waals surface area (Å²) in [5, 5.41) is 33.9. The SMILES string of the molecule is CN1CCC/C=C/[C@H](O)[C@@H]2C3CC2(C3)CN2C[C@@]3(CCCc4cc(Cl)ccc43)COc3ccc(cc32)[C@](O)(C(=O)O)CC1=O. The van der Waals surface area contributed by atoms with Crippen molar-refractivity contribution in [2.45, 2.75) is 68.5 Å². The van der Waals surface area contributed by atoms with E-state index in [2.05, 4.69) is 17.0 Å². The maximum Gasteiger partial charge on any atom is 0.340 e. The molecule has 2 heterocycles. The number of aryl methyl sites for hydroxylation is 1. The average molecular weight is 621 g/mol. The van der Waals surface area contributed by atoms with Crippen LogP contribution in [0.3, 0.4) is 0 Å². The molecule has 2 aliphatic heterocycles. The quantitative estimate of drug-likeness (QED) is 0.398. The van der Waals surface area contributed by atoms with Gasteiger partial charge in [-0.15, -0.1) is 0 Å². The number of benzene rings is 2. The number of hydrogen-bond donors (Lipinski definition) is 3. The van der Waals surface area contributed by atoms with E-state index in [1.54, 1.807) is 25.2 Å². The van der Waals surface area contributed by atoms with Gasteiger partial charge in [0.05, 0.1) is 24.8 Å². The number of fused-ring (bicyclic) bond motifs is 3. The van der Waals surface area contributed by atoms with Crippen LogP contribution in [0, 0.1) is 17.3 Å². The molecule has 8 nitrogen and oxygen atoms in total. The monoisotopic (exact) mass is 620 g/mol. The normalized spacial score (nSPS) is 35.6. The molecule has 8 rings (SSSR count). The summed E-state index contributed by atoms with van der Waals surface area (Å²) in [7, 11) is 1.63. The number of nitrogens with zero attached hydrogens (tertiary/aromatic N) is 2. The first-order chi connectivity index (χ1) is 21.0. The van der Waals surface area contributed by atoms with Gasteiger partial charge in [-0.05, 0) is 103 Å². The zero-order valence-electron chi connectivity index (χ0n) is 25.2. The average Bonchev–Trinajstić information content (AvgIpc) is 3.10. The predicted molar refractivity (Wildman–Crippen MR) is 167 cm³/mol. The van der Waals surface area contributed by atoms with Gasteiger partial charge < -0.3 is 29.9 Å². The molecule has 44 heavy (non-hydrogen) atoms. The largest absolute Gasteiger partial charge is 0.490 e. The Morgan fingerprint density at radius 3 is 2.68 bits per heavy atom. The minimum atomic E-state index is -2.40. The van der Waals surface area contributed by atoms with Crippen LogP contribution in [0.2, 0.25) is 5.02 Å². The van der Waals surface area contributed by atoms with E-state index in [4.69, 9.17) is 16.3 Å². The third kappa shape index (κ3) is 4.72. The molecule has 0 aromatic heterocycles. The lowest BCUT2D eigenvalue weighted by Gasteiger charge is -2.70. The highest BCUT2D eigenvalue weighted by atomic mass is 35.5. The Labute approximate surface area is 263 Å². The fraction of sp³-hybridized carbons (Fsp3) is 0.543. The summed E-state index contributed by atoms with van der Waals surface area (Å²) in [5.74, 6) is -0.611. The molecule has 3 N–H and O–H groups in total. The predicted octanol–water partition coefficient (Wildman–Crippen LogP) is 4.67. The summed E-state index contributed by atoms with van der Waals surface area (Å²) in [6.07, 6.45) is 9.18. The van der Waals surface area contributed by atoms with Crippen LogP contribution < -0.4 is 9.64 Å². The second-order valence-corrected chi connectivity index (χ2v) is 14.5. The van der Waals surface area contributed by atoms with Gasteiger partial charge >= 0.3 is 5.97 Å². The zero-order chi connectivity index (χ0) is 30.9. The molecule has 0 radical (unpaired) electrons. The smallest absolute Gasteiger partial charge is 0.340 e. The Morgan fingerprint density at radius 2 is 1.93 bits per heavy atom. The number of aliphatic hydroxyl groups is 2. The summed E-state index contributed by atoms with van der Waals surface area (Å²) in [4.78, 5) is 29.6. The highest BCUT2D eigenvalue weighted by molar-refractivity contribution is 6.30. The summed E-state index contributed by atoms with van der Waals surface area (Å²) < 4.78 is 6.58. The van der Waals surface area contributed by atoms with Crippen molar-refractivity contribution in [1.82, 2.24) is 4.90 Å². The maximum atomic E-state index is 13.2. The van der Waals surface area contributed by atoms with Crippen molar-refractivity contribution in [3.8, 4) is 5.75 Å². The Morgan fingerprint density at radius 1 is 1.11 bits per heavy atom. The van der Waals surface area contributed by atoms with Crippen molar-refractivity contribution >= 4 is 29.2 Å². The fourth-order valence-corrected chi connectivity index (χ4v) is 9.07. The molecular weight excluding hydrogens is 580 g/mol. The van der Waals surface area contributed by atoms with E-state index in [1.807, 2.05) is 18.2 Å². The fourth-order valence-electron chi connectivity index (χ4n) is 8.88. The van der Waals surface area contributed by atoms with E-state index in [9.17, 15) is 24.9 Å². The Kier molecular flexibility index (Phi) is 7.26. The number of hydrogen-bond acceptors (Lipinski definition) is 6. The van der Waals surface area contributed by atoms with Crippen molar-refractivity contribution < 1.29 is 29.6 Å². The number of ether oxygens (including phenoxy) is 1. The first-order valence-corrected chi connectivity index (χ1v) is 16.3.